The van der Waals surface area contributed by atoms with Crippen LogP contribution in [0.1, 0.15) is 31.0 Å². The van der Waals surface area contributed by atoms with Gasteiger partial charge in [-0.05, 0) is 37.6 Å². The SMILES string of the molecule is COc1ccc(Cl)c2cc(C3CCCCN3)[nH]c12. The molecule has 1 unspecified atom stereocenters. The summed E-state index contributed by atoms with van der Waals surface area (Å²) in [7, 11) is 1.68. The first-order chi connectivity index (χ1) is 8.79. The highest BCUT2D eigenvalue weighted by Gasteiger charge is 2.18. The quantitative estimate of drug-likeness (QED) is 0.869. The maximum atomic E-state index is 6.24. The average Bonchev–Trinajstić information content (AvgIpc) is 2.86. The summed E-state index contributed by atoms with van der Waals surface area (Å²) in [6.45, 7) is 1.09. The van der Waals surface area contributed by atoms with Crippen LogP contribution in [0.25, 0.3) is 10.9 Å². The molecule has 0 aliphatic carbocycles. The van der Waals surface area contributed by atoms with Gasteiger partial charge in [-0.25, -0.2) is 0 Å². The summed E-state index contributed by atoms with van der Waals surface area (Å²) in [5, 5.41) is 5.35. The summed E-state index contributed by atoms with van der Waals surface area (Å²) >= 11 is 6.24. The zero-order valence-corrected chi connectivity index (χ0v) is 11.2. The Hall–Kier alpha value is -1.19. The Bertz CT molecular complexity index is 558. The fourth-order valence-corrected chi connectivity index (χ4v) is 2.87. The lowest BCUT2D eigenvalue weighted by Crippen LogP contribution is -2.26. The number of ether oxygens (including phenoxy) is 1. The van der Waals surface area contributed by atoms with Crippen LogP contribution in [-0.2, 0) is 0 Å². The normalized spacial score (nSPS) is 20.2. The van der Waals surface area contributed by atoms with Crippen LogP contribution in [0.2, 0.25) is 5.02 Å². The monoisotopic (exact) mass is 264 g/mol. The molecule has 1 atom stereocenters. The molecule has 4 heteroatoms. The molecule has 3 nitrogen and oxygen atoms in total. The molecule has 1 aromatic carbocycles. The van der Waals surface area contributed by atoms with Gasteiger partial charge in [-0.1, -0.05) is 18.0 Å². The zero-order valence-electron chi connectivity index (χ0n) is 10.4. The molecular formula is C14H17ClN2O. The van der Waals surface area contributed by atoms with E-state index < -0.39 is 0 Å². The van der Waals surface area contributed by atoms with Gasteiger partial charge >= 0.3 is 0 Å². The predicted octanol–water partition coefficient (Wildman–Crippen LogP) is 3.64. The Morgan fingerprint density at radius 3 is 2.94 bits per heavy atom. The van der Waals surface area contributed by atoms with Crippen LogP contribution in [0.4, 0.5) is 0 Å². The van der Waals surface area contributed by atoms with Crippen LogP contribution in [0, 0.1) is 0 Å². The molecule has 1 fully saturated rings. The third-order valence-corrected chi connectivity index (χ3v) is 3.96. The first kappa shape index (κ1) is 11.9. The van der Waals surface area contributed by atoms with Crippen molar-refractivity contribution in [3.05, 3.63) is 28.9 Å². The fourth-order valence-electron chi connectivity index (χ4n) is 2.66. The van der Waals surface area contributed by atoms with Gasteiger partial charge in [0.2, 0.25) is 0 Å². The van der Waals surface area contributed by atoms with E-state index in [1.807, 2.05) is 12.1 Å². The summed E-state index contributed by atoms with van der Waals surface area (Å²) < 4.78 is 5.37. The number of aromatic nitrogens is 1. The molecular weight excluding hydrogens is 248 g/mol. The maximum Gasteiger partial charge on any atom is 0.143 e. The Balaban J connectivity index is 2.06. The number of benzene rings is 1. The van der Waals surface area contributed by atoms with Crippen molar-refractivity contribution in [3.8, 4) is 5.75 Å². The minimum Gasteiger partial charge on any atom is -0.495 e. The topological polar surface area (TPSA) is 37.0 Å². The number of hydrogen-bond acceptors (Lipinski definition) is 2. The lowest BCUT2D eigenvalue weighted by Gasteiger charge is -2.22. The van der Waals surface area contributed by atoms with Crippen LogP contribution in [0.15, 0.2) is 18.2 Å². The van der Waals surface area contributed by atoms with E-state index in [2.05, 4.69) is 16.4 Å². The van der Waals surface area contributed by atoms with Crippen LogP contribution in [0.3, 0.4) is 0 Å². The van der Waals surface area contributed by atoms with Gasteiger partial charge < -0.3 is 15.0 Å². The van der Waals surface area contributed by atoms with Crippen molar-refractivity contribution in [1.82, 2.24) is 10.3 Å². The highest BCUT2D eigenvalue weighted by molar-refractivity contribution is 6.35. The van der Waals surface area contributed by atoms with Crippen molar-refractivity contribution < 1.29 is 4.74 Å². The Labute approximate surface area is 111 Å². The zero-order chi connectivity index (χ0) is 12.5. The minimum absolute atomic E-state index is 0.409. The summed E-state index contributed by atoms with van der Waals surface area (Å²) in [6.07, 6.45) is 3.71. The van der Waals surface area contributed by atoms with Crippen LogP contribution in [-0.4, -0.2) is 18.6 Å². The molecule has 0 amide bonds. The van der Waals surface area contributed by atoms with Gasteiger partial charge in [0.25, 0.3) is 0 Å². The van der Waals surface area contributed by atoms with Gasteiger partial charge in [0.1, 0.15) is 5.75 Å². The Kier molecular flexibility index (Phi) is 3.18. The van der Waals surface area contributed by atoms with Crippen LogP contribution >= 0.6 is 11.6 Å². The van der Waals surface area contributed by atoms with Gasteiger partial charge in [-0.2, -0.15) is 0 Å². The van der Waals surface area contributed by atoms with E-state index in [1.165, 1.54) is 25.0 Å². The molecule has 0 radical (unpaired) electrons. The minimum atomic E-state index is 0.409. The second kappa shape index (κ2) is 4.82. The lowest BCUT2D eigenvalue weighted by molar-refractivity contribution is 0.405. The summed E-state index contributed by atoms with van der Waals surface area (Å²) in [6, 6.07) is 6.34. The predicted molar refractivity (Wildman–Crippen MR) is 74.5 cm³/mol. The number of aromatic amines is 1. The van der Waals surface area contributed by atoms with E-state index >= 15 is 0 Å². The summed E-state index contributed by atoms with van der Waals surface area (Å²) in [4.78, 5) is 3.45. The van der Waals surface area contributed by atoms with Crippen LogP contribution < -0.4 is 10.1 Å². The number of H-pyrrole nitrogens is 1. The molecule has 2 N–H and O–H groups in total. The van der Waals surface area contributed by atoms with E-state index in [9.17, 15) is 0 Å². The molecule has 3 rings (SSSR count). The van der Waals surface area contributed by atoms with Gasteiger partial charge in [0.15, 0.2) is 0 Å². The first-order valence-corrected chi connectivity index (χ1v) is 6.76. The average molecular weight is 265 g/mol. The van der Waals surface area contributed by atoms with Gasteiger partial charge in [0.05, 0.1) is 17.6 Å². The van der Waals surface area contributed by atoms with Gasteiger partial charge in [-0.15, -0.1) is 0 Å². The van der Waals surface area contributed by atoms with Gasteiger partial charge in [-0.3, -0.25) is 0 Å². The second-order valence-corrected chi connectivity index (χ2v) is 5.17. The van der Waals surface area contributed by atoms with Crippen molar-refractivity contribution in [2.45, 2.75) is 25.3 Å². The number of piperidine rings is 1. The van der Waals surface area contributed by atoms with Gasteiger partial charge in [0, 0.05) is 17.1 Å². The van der Waals surface area contributed by atoms with E-state index in [0.717, 1.165) is 28.2 Å². The van der Waals surface area contributed by atoms with Crippen molar-refractivity contribution in [3.63, 3.8) is 0 Å². The fraction of sp³-hybridized carbons (Fsp3) is 0.429. The van der Waals surface area contributed by atoms with Crippen molar-refractivity contribution in [2.24, 2.45) is 0 Å². The summed E-state index contributed by atoms with van der Waals surface area (Å²) in [5.41, 5.74) is 2.20. The molecule has 2 aromatic rings. The lowest BCUT2D eigenvalue weighted by atomic mass is 10.0. The molecule has 1 saturated heterocycles. The smallest absolute Gasteiger partial charge is 0.143 e. The molecule has 1 aliphatic rings. The highest BCUT2D eigenvalue weighted by atomic mass is 35.5. The van der Waals surface area contributed by atoms with Crippen molar-refractivity contribution >= 4 is 22.5 Å². The molecule has 2 heterocycles. The van der Waals surface area contributed by atoms with Crippen LogP contribution in [0.5, 0.6) is 5.75 Å². The molecule has 1 aromatic heterocycles. The molecule has 96 valence electrons. The first-order valence-electron chi connectivity index (χ1n) is 6.38. The number of hydrogen-bond donors (Lipinski definition) is 2. The largest absolute Gasteiger partial charge is 0.495 e. The summed E-state index contributed by atoms with van der Waals surface area (Å²) in [5.74, 6) is 0.844. The highest BCUT2D eigenvalue weighted by Crippen LogP contribution is 2.34. The van der Waals surface area contributed by atoms with E-state index in [-0.39, 0.29) is 0 Å². The Morgan fingerprint density at radius 1 is 1.33 bits per heavy atom. The van der Waals surface area contributed by atoms with Crippen molar-refractivity contribution in [1.29, 1.82) is 0 Å². The number of fused-ring (bicyclic) bond motifs is 1. The molecule has 0 saturated carbocycles. The number of methoxy groups -OCH3 is 1. The van der Waals surface area contributed by atoms with E-state index in [0.29, 0.717) is 6.04 Å². The molecule has 0 spiro atoms. The standard InChI is InChI=1S/C14H17ClN2O/c1-18-13-6-5-10(15)9-8-12(17-14(9)13)11-4-2-3-7-16-11/h5-6,8,11,16-17H,2-4,7H2,1H3. The molecule has 18 heavy (non-hydrogen) atoms. The molecule has 1 aliphatic heterocycles. The van der Waals surface area contributed by atoms with E-state index in [4.69, 9.17) is 16.3 Å². The third kappa shape index (κ3) is 1.98. The third-order valence-electron chi connectivity index (χ3n) is 3.63. The number of rotatable bonds is 2. The molecule has 0 bridgehead atoms. The maximum absolute atomic E-state index is 6.24. The van der Waals surface area contributed by atoms with E-state index in [1.54, 1.807) is 7.11 Å². The number of nitrogens with one attached hydrogen (secondary N) is 2. The van der Waals surface area contributed by atoms with Crippen molar-refractivity contribution in [2.75, 3.05) is 13.7 Å². The number of halogens is 1. The Morgan fingerprint density at radius 2 is 2.22 bits per heavy atom. The second-order valence-electron chi connectivity index (χ2n) is 4.77.